The first-order chi connectivity index (χ1) is 19.6. The van der Waals surface area contributed by atoms with E-state index in [0.29, 0.717) is 26.5 Å². The third-order valence-corrected chi connectivity index (χ3v) is 6.88. The van der Waals surface area contributed by atoms with Crippen LogP contribution < -0.4 is 29.7 Å². The molecule has 0 saturated carbocycles. The first kappa shape index (κ1) is 29.6. The number of hydrogen-bond acceptors (Lipinski definition) is 7. The van der Waals surface area contributed by atoms with Gasteiger partial charge in [0.1, 0.15) is 11.3 Å². The predicted octanol–water partition coefficient (Wildman–Crippen LogP) is 5.50. The van der Waals surface area contributed by atoms with Crippen LogP contribution in [0.5, 0.6) is 17.2 Å². The van der Waals surface area contributed by atoms with Gasteiger partial charge in [-0.3, -0.25) is 19.7 Å². The molecular formula is C29H25BrClN3O7. The fourth-order valence-corrected chi connectivity index (χ4v) is 4.67. The molecule has 10 nitrogen and oxygen atoms in total. The van der Waals surface area contributed by atoms with Crippen LogP contribution in [0.4, 0.5) is 16.2 Å². The van der Waals surface area contributed by atoms with Crippen molar-refractivity contribution in [3.05, 3.63) is 80.8 Å². The van der Waals surface area contributed by atoms with Crippen molar-refractivity contribution in [2.75, 3.05) is 30.5 Å². The zero-order valence-corrected chi connectivity index (χ0v) is 24.6. The number of nitrogens with zero attached hydrogens (tertiary/aromatic N) is 1. The molecule has 1 aliphatic rings. The highest BCUT2D eigenvalue weighted by Crippen LogP contribution is 2.38. The molecule has 41 heavy (non-hydrogen) atoms. The highest BCUT2D eigenvalue weighted by molar-refractivity contribution is 9.10. The minimum atomic E-state index is -0.886. The number of aryl methyl sites for hydroxylation is 1. The Balaban J connectivity index is 1.59. The molecule has 1 fully saturated rings. The molecule has 5 amide bonds. The van der Waals surface area contributed by atoms with Gasteiger partial charge in [-0.2, -0.15) is 0 Å². The molecule has 0 radical (unpaired) electrons. The number of carbonyl (C=O) groups is 4. The van der Waals surface area contributed by atoms with E-state index in [1.165, 1.54) is 19.3 Å². The summed E-state index contributed by atoms with van der Waals surface area (Å²) in [6.45, 7) is 3.49. The molecule has 3 aromatic rings. The van der Waals surface area contributed by atoms with Gasteiger partial charge in [0, 0.05) is 5.02 Å². The van der Waals surface area contributed by atoms with Crippen molar-refractivity contribution in [1.82, 2.24) is 5.32 Å². The number of barbiturate groups is 1. The van der Waals surface area contributed by atoms with E-state index < -0.39 is 23.8 Å². The quantitative estimate of drug-likeness (QED) is 0.233. The van der Waals surface area contributed by atoms with Gasteiger partial charge in [-0.15, -0.1) is 0 Å². The summed E-state index contributed by atoms with van der Waals surface area (Å²) in [7, 11) is 1.50. The van der Waals surface area contributed by atoms with Crippen LogP contribution in [0.1, 0.15) is 18.1 Å². The Kier molecular flexibility index (Phi) is 9.31. The Morgan fingerprint density at radius 1 is 1.07 bits per heavy atom. The van der Waals surface area contributed by atoms with Gasteiger partial charge in [-0.1, -0.05) is 29.8 Å². The van der Waals surface area contributed by atoms with E-state index in [1.807, 2.05) is 0 Å². The maximum absolute atomic E-state index is 13.3. The lowest BCUT2D eigenvalue weighted by Crippen LogP contribution is -2.54. The molecule has 0 bridgehead atoms. The molecule has 1 heterocycles. The minimum absolute atomic E-state index is 0.216. The summed E-state index contributed by atoms with van der Waals surface area (Å²) in [5, 5.41) is 5.28. The number of benzene rings is 3. The number of urea groups is 1. The summed E-state index contributed by atoms with van der Waals surface area (Å²) >= 11 is 9.61. The van der Waals surface area contributed by atoms with E-state index in [4.69, 9.17) is 25.8 Å². The highest BCUT2D eigenvalue weighted by Gasteiger charge is 2.37. The van der Waals surface area contributed by atoms with Crippen LogP contribution in [0.15, 0.2) is 64.6 Å². The normalized spacial score (nSPS) is 14.1. The number of ether oxygens (including phenoxy) is 3. The number of amides is 5. The lowest BCUT2D eigenvalue weighted by molar-refractivity contribution is -0.122. The molecule has 12 heteroatoms. The lowest BCUT2D eigenvalue weighted by Gasteiger charge is -2.26. The molecule has 0 spiro atoms. The zero-order valence-electron chi connectivity index (χ0n) is 22.2. The number of imide groups is 2. The van der Waals surface area contributed by atoms with Gasteiger partial charge in [0.15, 0.2) is 18.1 Å². The third-order valence-electron chi connectivity index (χ3n) is 5.89. The smallest absolute Gasteiger partial charge is 0.335 e. The Labute approximate surface area is 249 Å². The molecule has 1 aliphatic heterocycles. The van der Waals surface area contributed by atoms with Crippen molar-refractivity contribution < 1.29 is 33.4 Å². The first-order valence-corrected chi connectivity index (χ1v) is 13.5. The van der Waals surface area contributed by atoms with Crippen LogP contribution in [0.25, 0.3) is 6.08 Å². The fraction of sp³-hybridized carbons (Fsp3) is 0.172. The second-order valence-electron chi connectivity index (χ2n) is 8.69. The van der Waals surface area contributed by atoms with E-state index in [2.05, 4.69) is 26.6 Å². The average molecular weight is 643 g/mol. The van der Waals surface area contributed by atoms with Gasteiger partial charge in [0.2, 0.25) is 0 Å². The van der Waals surface area contributed by atoms with Crippen LogP contribution in [0.3, 0.4) is 0 Å². The van der Waals surface area contributed by atoms with Crippen molar-refractivity contribution in [3.8, 4) is 17.2 Å². The average Bonchev–Trinajstić information content (AvgIpc) is 2.93. The van der Waals surface area contributed by atoms with E-state index in [1.54, 1.807) is 62.4 Å². The second-order valence-corrected chi connectivity index (χ2v) is 9.95. The summed E-state index contributed by atoms with van der Waals surface area (Å²) in [5.41, 5.74) is 1.60. The number of nitrogens with one attached hydrogen (secondary N) is 2. The van der Waals surface area contributed by atoms with Crippen molar-refractivity contribution in [1.29, 1.82) is 0 Å². The molecule has 0 unspecified atom stereocenters. The molecule has 212 valence electrons. The summed E-state index contributed by atoms with van der Waals surface area (Å²) in [5.74, 6) is -1.09. The Bertz CT molecular complexity index is 1570. The first-order valence-electron chi connectivity index (χ1n) is 12.3. The van der Waals surface area contributed by atoms with Crippen LogP contribution in [0, 0.1) is 6.92 Å². The molecule has 4 rings (SSSR count). The van der Waals surface area contributed by atoms with E-state index in [9.17, 15) is 19.2 Å². The lowest BCUT2D eigenvalue weighted by atomic mass is 10.1. The van der Waals surface area contributed by atoms with Gasteiger partial charge in [0.25, 0.3) is 17.7 Å². The highest BCUT2D eigenvalue weighted by atomic mass is 79.9. The zero-order chi connectivity index (χ0) is 29.7. The fourth-order valence-electron chi connectivity index (χ4n) is 3.93. The number of halogens is 2. The third kappa shape index (κ3) is 6.69. The van der Waals surface area contributed by atoms with Gasteiger partial charge in [-0.05, 0) is 83.4 Å². The van der Waals surface area contributed by atoms with Crippen molar-refractivity contribution in [2.24, 2.45) is 0 Å². The number of rotatable bonds is 9. The molecule has 0 aliphatic carbocycles. The SMILES string of the molecule is CCOc1cc(/C=C2\C(=O)NC(=O)N(c3ccc(C)c(Cl)c3)C2=O)cc(Br)c1OCC(=O)Nc1ccccc1OC. The van der Waals surface area contributed by atoms with Crippen LogP contribution in [0.2, 0.25) is 5.02 Å². The predicted molar refractivity (Wildman–Crippen MR) is 158 cm³/mol. The summed E-state index contributed by atoms with van der Waals surface area (Å²) < 4.78 is 17.1. The molecule has 0 atom stereocenters. The minimum Gasteiger partial charge on any atom is -0.495 e. The van der Waals surface area contributed by atoms with Crippen molar-refractivity contribution in [3.63, 3.8) is 0 Å². The molecule has 0 aromatic heterocycles. The van der Waals surface area contributed by atoms with E-state index >= 15 is 0 Å². The maximum Gasteiger partial charge on any atom is 0.335 e. The standard InChI is InChI=1S/C29H25BrClN3O7/c1-4-40-24-13-17(12-20(30)26(24)41-15-25(35)32-22-7-5-6-8-23(22)39-3)11-19-27(36)33-29(38)34(28(19)37)18-10-9-16(2)21(31)14-18/h5-14H,4,15H2,1-3H3,(H,32,35)(H,33,36,38)/b19-11+. The Hall–Kier alpha value is -4.35. The summed E-state index contributed by atoms with van der Waals surface area (Å²) in [4.78, 5) is 51.9. The summed E-state index contributed by atoms with van der Waals surface area (Å²) in [6, 6.07) is 13.9. The molecule has 3 aromatic carbocycles. The van der Waals surface area contributed by atoms with Crippen molar-refractivity contribution in [2.45, 2.75) is 13.8 Å². The van der Waals surface area contributed by atoms with Crippen LogP contribution >= 0.6 is 27.5 Å². The molecule has 2 N–H and O–H groups in total. The number of methoxy groups -OCH3 is 1. The van der Waals surface area contributed by atoms with Gasteiger partial charge < -0.3 is 19.5 Å². The number of para-hydroxylation sites is 2. The van der Waals surface area contributed by atoms with Crippen LogP contribution in [-0.4, -0.2) is 44.1 Å². The largest absolute Gasteiger partial charge is 0.495 e. The Morgan fingerprint density at radius 2 is 1.83 bits per heavy atom. The van der Waals surface area contributed by atoms with Crippen LogP contribution in [-0.2, 0) is 14.4 Å². The number of carbonyl (C=O) groups excluding carboxylic acids is 4. The van der Waals surface area contributed by atoms with E-state index in [-0.39, 0.29) is 36.0 Å². The van der Waals surface area contributed by atoms with Crippen molar-refractivity contribution >= 4 is 68.7 Å². The topological polar surface area (TPSA) is 123 Å². The van der Waals surface area contributed by atoms with E-state index in [0.717, 1.165) is 10.5 Å². The number of hydrogen-bond donors (Lipinski definition) is 2. The molecular weight excluding hydrogens is 618 g/mol. The monoisotopic (exact) mass is 641 g/mol. The van der Waals surface area contributed by atoms with Gasteiger partial charge >= 0.3 is 6.03 Å². The number of anilines is 2. The molecule has 1 saturated heterocycles. The van der Waals surface area contributed by atoms with Gasteiger partial charge in [-0.25, -0.2) is 9.69 Å². The maximum atomic E-state index is 13.3. The Morgan fingerprint density at radius 3 is 2.54 bits per heavy atom. The summed E-state index contributed by atoms with van der Waals surface area (Å²) in [6.07, 6.45) is 1.33. The second kappa shape index (κ2) is 12.9. The van der Waals surface area contributed by atoms with Gasteiger partial charge in [0.05, 0.1) is 29.6 Å².